The van der Waals surface area contributed by atoms with Gasteiger partial charge in [0.05, 0.1) is 6.04 Å². The van der Waals surface area contributed by atoms with E-state index < -0.39 is 5.60 Å². The molecule has 1 amide bonds. The molecule has 3 heteroatoms. The minimum absolute atomic E-state index is 0.124. The van der Waals surface area contributed by atoms with Crippen LogP contribution in [0, 0.1) is 0 Å². The van der Waals surface area contributed by atoms with Gasteiger partial charge < -0.3 is 9.64 Å². The molecule has 22 heavy (non-hydrogen) atoms. The number of rotatable bonds is 1. The maximum Gasteiger partial charge on any atom is 0.410 e. The summed E-state index contributed by atoms with van der Waals surface area (Å²) in [6.45, 7) is 6.50. The van der Waals surface area contributed by atoms with E-state index in [1.54, 1.807) is 0 Å². The van der Waals surface area contributed by atoms with Crippen LogP contribution in [0.15, 0.2) is 42.5 Å². The minimum atomic E-state index is -0.451. The Balaban J connectivity index is 1.86. The van der Waals surface area contributed by atoms with Crippen molar-refractivity contribution in [2.75, 3.05) is 6.54 Å². The maximum atomic E-state index is 12.4. The fourth-order valence-corrected chi connectivity index (χ4v) is 3.07. The van der Waals surface area contributed by atoms with Gasteiger partial charge in [0, 0.05) is 6.54 Å². The monoisotopic (exact) mass is 297 g/mol. The molecule has 2 aromatic rings. The van der Waals surface area contributed by atoms with Crippen LogP contribution in [0.4, 0.5) is 4.79 Å². The van der Waals surface area contributed by atoms with E-state index in [-0.39, 0.29) is 12.1 Å². The lowest BCUT2D eigenvalue weighted by molar-refractivity contribution is 0.0224. The standard InChI is InChI=1S/C19H23NO2/c1-19(2,3)22-18(21)20-12-6-9-17(20)16-11-10-14-7-4-5-8-15(14)13-16/h4-5,7-8,10-11,13,17H,6,9,12H2,1-3H3/t17-/m0/s1. The number of carbonyl (C=O) groups excluding carboxylic acids is 1. The van der Waals surface area contributed by atoms with Crippen LogP contribution < -0.4 is 0 Å². The lowest BCUT2D eigenvalue weighted by Crippen LogP contribution is -2.36. The highest BCUT2D eigenvalue weighted by atomic mass is 16.6. The van der Waals surface area contributed by atoms with E-state index in [1.807, 2.05) is 37.8 Å². The molecule has 1 heterocycles. The first-order valence-electron chi connectivity index (χ1n) is 7.92. The van der Waals surface area contributed by atoms with E-state index in [9.17, 15) is 4.79 Å². The van der Waals surface area contributed by atoms with Gasteiger partial charge in [-0.25, -0.2) is 4.79 Å². The summed E-state index contributed by atoms with van der Waals surface area (Å²) in [5.41, 5.74) is 0.746. The topological polar surface area (TPSA) is 29.5 Å². The molecule has 0 spiro atoms. The second-order valence-electron chi connectivity index (χ2n) is 6.94. The number of hydrogen-bond acceptors (Lipinski definition) is 2. The summed E-state index contributed by atoms with van der Waals surface area (Å²) in [6.07, 6.45) is 1.82. The largest absolute Gasteiger partial charge is 0.444 e. The van der Waals surface area contributed by atoms with Gasteiger partial charge in [-0.3, -0.25) is 0 Å². The Kier molecular flexibility index (Phi) is 3.81. The highest BCUT2D eigenvalue weighted by Gasteiger charge is 2.33. The van der Waals surface area contributed by atoms with Gasteiger partial charge in [0.25, 0.3) is 0 Å². The zero-order chi connectivity index (χ0) is 15.7. The first-order chi connectivity index (χ1) is 10.4. The van der Waals surface area contributed by atoms with Crippen molar-refractivity contribution in [2.45, 2.75) is 45.3 Å². The first-order valence-corrected chi connectivity index (χ1v) is 7.92. The predicted octanol–water partition coefficient (Wildman–Crippen LogP) is 4.91. The molecule has 1 aliphatic rings. The highest BCUT2D eigenvalue weighted by Crippen LogP contribution is 2.34. The number of hydrogen-bond donors (Lipinski definition) is 0. The average Bonchev–Trinajstić information content (AvgIpc) is 2.94. The van der Waals surface area contributed by atoms with E-state index in [1.165, 1.54) is 16.3 Å². The molecule has 3 rings (SSSR count). The molecule has 2 aromatic carbocycles. The van der Waals surface area contributed by atoms with Crippen LogP contribution in [-0.2, 0) is 4.74 Å². The number of carbonyl (C=O) groups is 1. The van der Waals surface area contributed by atoms with E-state index in [0.29, 0.717) is 0 Å². The number of nitrogens with zero attached hydrogens (tertiary/aromatic N) is 1. The smallest absolute Gasteiger partial charge is 0.410 e. The first kappa shape index (κ1) is 14.9. The van der Waals surface area contributed by atoms with E-state index >= 15 is 0 Å². The molecule has 0 radical (unpaired) electrons. The molecule has 0 saturated carbocycles. The normalized spacial score (nSPS) is 18.7. The molecule has 3 nitrogen and oxygen atoms in total. The summed E-state index contributed by atoms with van der Waals surface area (Å²) in [7, 11) is 0. The van der Waals surface area contributed by atoms with Crippen LogP contribution >= 0.6 is 0 Å². The van der Waals surface area contributed by atoms with Crippen LogP contribution in [0.2, 0.25) is 0 Å². The van der Waals surface area contributed by atoms with Crippen molar-refractivity contribution in [3.63, 3.8) is 0 Å². The van der Waals surface area contributed by atoms with Gasteiger partial charge in [0.1, 0.15) is 5.60 Å². The van der Waals surface area contributed by atoms with Crippen molar-refractivity contribution >= 4 is 16.9 Å². The molecule has 0 N–H and O–H groups in total. The van der Waals surface area contributed by atoms with Crippen molar-refractivity contribution in [3.8, 4) is 0 Å². The molecule has 0 bridgehead atoms. The average molecular weight is 297 g/mol. The second-order valence-corrected chi connectivity index (χ2v) is 6.94. The van der Waals surface area contributed by atoms with Crippen LogP contribution in [0.25, 0.3) is 10.8 Å². The van der Waals surface area contributed by atoms with Crippen molar-refractivity contribution in [2.24, 2.45) is 0 Å². The number of benzene rings is 2. The van der Waals surface area contributed by atoms with Gasteiger partial charge in [-0.1, -0.05) is 36.4 Å². The molecule has 0 aromatic heterocycles. The van der Waals surface area contributed by atoms with E-state index in [0.717, 1.165) is 19.4 Å². The predicted molar refractivity (Wildman–Crippen MR) is 88.9 cm³/mol. The fraction of sp³-hybridized carbons (Fsp3) is 0.421. The summed E-state index contributed by atoms with van der Waals surface area (Å²) < 4.78 is 5.55. The molecule has 1 saturated heterocycles. The van der Waals surface area contributed by atoms with Crippen molar-refractivity contribution < 1.29 is 9.53 Å². The third kappa shape index (κ3) is 3.08. The van der Waals surface area contributed by atoms with Gasteiger partial charge in [0.2, 0.25) is 0 Å². The van der Waals surface area contributed by atoms with Crippen LogP contribution in [0.1, 0.15) is 45.2 Å². The van der Waals surface area contributed by atoms with E-state index in [4.69, 9.17) is 4.74 Å². The zero-order valence-corrected chi connectivity index (χ0v) is 13.5. The molecule has 1 atom stereocenters. The lowest BCUT2D eigenvalue weighted by atomic mass is 10.0. The zero-order valence-electron chi connectivity index (χ0n) is 13.5. The third-order valence-electron chi connectivity index (χ3n) is 4.04. The van der Waals surface area contributed by atoms with Gasteiger partial charge >= 0.3 is 6.09 Å². The lowest BCUT2D eigenvalue weighted by Gasteiger charge is -2.29. The van der Waals surface area contributed by atoms with Crippen molar-refractivity contribution in [1.82, 2.24) is 4.90 Å². The molecule has 1 fully saturated rings. The van der Waals surface area contributed by atoms with Gasteiger partial charge in [-0.15, -0.1) is 0 Å². The van der Waals surface area contributed by atoms with Crippen molar-refractivity contribution in [3.05, 3.63) is 48.0 Å². The van der Waals surface area contributed by atoms with Gasteiger partial charge in [-0.2, -0.15) is 0 Å². The Bertz CT molecular complexity index is 687. The molecule has 1 aliphatic heterocycles. The summed E-state index contributed by atoms with van der Waals surface area (Å²) in [4.78, 5) is 14.3. The summed E-state index contributed by atoms with van der Waals surface area (Å²) in [5, 5.41) is 2.45. The Morgan fingerprint density at radius 1 is 1.14 bits per heavy atom. The Hall–Kier alpha value is -2.03. The van der Waals surface area contributed by atoms with Crippen LogP contribution in [-0.4, -0.2) is 23.1 Å². The van der Waals surface area contributed by atoms with E-state index in [2.05, 4.69) is 30.3 Å². The third-order valence-corrected chi connectivity index (χ3v) is 4.04. The summed E-state index contributed by atoms with van der Waals surface area (Å²) >= 11 is 0. The molecular weight excluding hydrogens is 274 g/mol. The van der Waals surface area contributed by atoms with Crippen molar-refractivity contribution in [1.29, 1.82) is 0 Å². The summed E-state index contributed by atoms with van der Waals surface area (Å²) in [5.74, 6) is 0. The van der Waals surface area contributed by atoms with Gasteiger partial charge in [-0.05, 0) is 56.0 Å². The maximum absolute atomic E-state index is 12.4. The SMILES string of the molecule is CC(C)(C)OC(=O)N1CCC[C@H]1c1ccc2ccccc2c1. The Labute approximate surface area is 131 Å². The number of likely N-dealkylation sites (tertiary alicyclic amines) is 1. The number of amides is 1. The summed E-state index contributed by atoms with van der Waals surface area (Å²) in [6, 6.07) is 14.9. The Morgan fingerprint density at radius 3 is 2.59 bits per heavy atom. The molecule has 0 unspecified atom stereocenters. The second kappa shape index (κ2) is 5.64. The number of fused-ring (bicyclic) bond motifs is 1. The highest BCUT2D eigenvalue weighted by molar-refractivity contribution is 5.83. The molecular formula is C19H23NO2. The molecule has 0 aliphatic carbocycles. The van der Waals surface area contributed by atoms with Crippen LogP contribution in [0.3, 0.4) is 0 Å². The fourth-order valence-electron chi connectivity index (χ4n) is 3.07. The van der Waals surface area contributed by atoms with Crippen LogP contribution in [0.5, 0.6) is 0 Å². The Morgan fingerprint density at radius 2 is 1.86 bits per heavy atom. The minimum Gasteiger partial charge on any atom is -0.444 e. The quantitative estimate of drug-likeness (QED) is 0.748. The van der Waals surface area contributed by atoms with Gasteiger partial charge in [0.15, 0.2) is 0 Å². The number of ether oxygens (including phenoxy) is 1. The molecule has 116 valence electrons.